The van der Waals surface area contributed by atoms with E-state index < -0.39 is 17.6 Å². The molecule has 0 aromatic heterocycles. The lowest BCUT2D eigenvalue weighted by Gasteiger charge is -2.29. The summed E-state index contributed by atoms with van der Waals surface area (Å²) in [6.07, 6.45) is 1.40. The Hall–Kier alpha value is -3.06. The van der Waals surface area contributed by atoms with Crippen LogP contribution in [0.3, 0.4) is 0 Å². The van der Waals surface area contributed by atoms with Crippen molar-refractivity contribution in [3.63, 3.8) is 0 Å². The fraction of sp³-hybridized carbons (Fsp3) is 0.0556. The van der Waals surface area contributed by atoms with Crippen LogP contribution in [-0.2, 0) is 9.59 Å². The highest BCUT2D eigenvalue weighted by Gasteiger charge is 2.34. The third-order valence-corrected chi connectivity index (χ3v) is 3.90. The summed E-state index contributed by atoms with van der Waals surface area (Å²) in [5, 5.41) is 2.49. The van der Waals surface area contributed by atoms with Crippen LogP contribution in [-0.4, -0.2) is 24.0 Å². The van der Waals surface area contributed by atoms with Crippen LogP contribution in [0.5, 0.6) is 5.75 Å². The second-order valence-electron chi connectivity index (χ2n) is 5.21. The normalized spacial score (nSPS) is 16.2. The number of rotatable bonds is 3. The summed E-state index contributed by atoms with van der Waals surface area (Å²) in [5.41, 5.74) is 0.944. The van der Waals surface area contributed by atoms with Gasteiger partial charge in [-0.1, -0.05) is 12.1 Å². The Kier molecular flexibility index (Phi) is 4.58. The Labute approximate surface area is 148 Å². The Balaban J connectivity index is 1.97. The summed E-state index contributed by atoms with van der Waals surface area (Å²) < 4.78 is 18.1. The van der Waals surface area contributed by atoms with E-state index in [0.29, 0.717) is 17.0 Å². The van der Waals surface area contributed by atoms with Gasteiger partial charge in [0.15, 0.2) is 5.11 Å². The highest BCUT2D eigenvalue weighted by Crippen LogP contribution is 2.24. The number of halogens is 1. The number of nitrogens with zero attached hydrogens (tertiary/aromatic N) is 1. The van der Waals surface area contributed by atoms with Crippen LogP contribution in [0.2, 0.25) is 0 Å². The Bertz CT molecular complexity index is 876. The summed E-state index contributed by atoms with van der Waals surface area (Å²) in [6.45, 7) is 0. The van der Waals surface area contributed by atoms with E-state index in [0.717, 1.165) is 0 Å². The molecule has 0 unspecified atom stereocenters. The molecule has 2 aromatic rings. The molecule has 3 rings (SSSR count). The van der Waals surface area contributed by atoms with Crippen molar-refractivity contribution in [2.24, 2.45) is 0 Å². The Morgan fingerprint density at radius 1 is 1.08 bits per heavy atom. The zero-order chi connectivity index (χ0) is 18.0. The first-order valence-electron chi connectivity index (χ1n) is 7.30. The van der Waals surface area contributed by atoms with Gasteiger partial charge in [-0.3, -0.25) is 19.8 Å². The van der Waals surface area contributed by atoms with Crippen LogP contribution in [0, 0.1) is 5.82 Å². The zero-order valence-corrected chi connectivity index (χ0v) is 14.0. The molecule has 5 nitrogen and oxygen atoms in total. The quantitative estimate of drug-likeness (QED) is 0.522. The van der Waals surface area contributed by atoms with Crippen LogP contribution in [0.15, 0.2) is 54.1 Å². The molecular formula is C18H13FN2O3S. The second kappa shape index (κ2) is 6.82. The standard InChI is InChI=1S/C18H13FN2O3S/c1-24-14-8-6-13(7-9-14)21-17(23)15(16(22)20-18(21)25)10-11-2-4-12(19)5-3-11/h2-10H,1H3,(H,20,22,25)/b15-10-. The van der Waals surface area contributed by atoms with Crippen LogP contribution in [0.1, 0.15) is 5.56 Å². The van der Waals surface area contributed by atoms with Gasteiger partial charge in [0.1, 0.15) is 17.1 Å². The highest BCUT2D eigenvalue weighted by atomic mass is 32.1. The third-order valence-electron chi connectivity index (χ3n) is 3.61. The highest BCUT2D eigenvalue weighted by molar-refractivity contribution is 7.80. The monoisotopic (exact) mass is 356 g/mol. The molecule has 2 amide bonds. The molecule has 7 heteroatoms. The summed E-state index contributed by atoms with van der Waals surface area (Å²) in [6, 6.07) is 12.2. The summed E-state index contributed by atoms with van der Waals surface area (Å²) >= 11 is 5.12. The smallest absolute Gasteiger partial charge is 0.270 e. The Morgan fingerprint density at radius 3 is 2.32 bits per heavy atom. The molecule has 1 saturated heterocycles. The van der Waals surface area contributed by atoms with Gasteiger partial charge in [0.25, 0.3) is 11.8 Å². The van der Waals surface area contributed by atoms with E-state index in [9.17, 15) is 14.0 Å². The number of hydrogen-bond acceptors (Lipinski definition) is 4. The molecule has 1 aliphatic rings. The fourth-order valence-electron chi connectivity index (χ4n) is 2.35. The molecule has 0 atom stereocenters. The van der Waals surface area contributed by atoms with Crippen LogP contribution < -0.4 is 15.0 Å². The molecule has 0 bridgehead atoms. The van der Waals surface area contributed by atoms with Crippen molar-refractivity contribution in [2.75, 3.05) is 12.0 Å². The molecule has 1 fully saturated rings. The predicted molar refractivity (Wildman–Crippen MR) is 95.6 cm³/mol. The molecule has 1 N–H and O–H groups in total. The van der Waals surface area contributed by atoms with Gasteiger partial charge < -0.3 is 4.74 Å². The summed E-state index contributed by atoms with van der Waals surface area (Å²) in [4.78, 5) is 26.2. The number of ether oxygens (including phenoxy) is 1. The molecule has 126 valence electrons. The number of thiocarbonyl (C=S) groups is 1. The van der Waals surface area contributed by atoms with Gasteiger partial charge in [-0.25, -0.2) is 4.39 Å². The van der Waals surface area contributed by atoms with Gasteiger partial charge in [0.05, 0.1) is 12.8 Å². The molecule has 2 aromatic carbocycles. The van der Waals surface area contributed by atoms with Crippen molar-refractivity contribution in [2.45, 2.75) is 0 Å². The average molecular weight is 356 g/mol. The third kappa shape index (κ3) is 3.41. The van der Waals surface area contributed by atoms with Crippen molar-refractivity contribution in [1.82, 2.24) is 5.32 Å². The summed E-state index contributed by atoms with van der Waals surface area (Å²) in [7, 11) is 1.54. The number of benzene rings is 2. The lowest BCUT2D eigenvalue weighted by atomic mass is 10.1. The van der Waals surface area contributed by atoms with Gasteiger partial charge >= 0.3 is 0 Å². The lowest BCUT2D eigenvalue weighted by Crippen LogP contribution is -2.54. The average Bonchev–Trinajstić information content (AvgIpc) is 2.60. The minimum atomic E-state index is -0.593. The second-order valence-corrected chi connectivity index (χ2v) is 5.59. The van der Waals surface area contributed by atoms with E-state index in [4.69, 9.17) is 17.0 Å². The van der Waals surface area contributed by atoms with E-state index in [2.05, 4.69) is 5.32 Å². The number of amides is 2. The van der Waals surface area contributed by atoms with Gasteiger partial charge in [-0.05, 0) is 60.3 Å². The maximum Gasteiger partial charge on any atom is 0.270 e. The van der Waals surface area contributed by atoms with Crippen LogP contribution in [0.25, 0.3) is 6.08 Å². The number of anilines is 1. The first-order valence-corrected chi connectivity index (χ1v) is 7.71. The first kappa shape index (κ1) is 16.8. The lowest BCUT2D eigenvalue weighted by molar-refractivity contribution is -0.122. The van der Waals surface area contributed by atoms with Crippen molar-refractivity contribution >= 4 is 40.9 Å². The van der Waals surface area contributed by atoms with Gasteiger partial charge in [-0.2, -0.15) is 0 Å². The molecule has 0 spiro atoms. The van der Waals surface area contributed by atoms with Gasteiger partial charge in [0, 0.05) is 0 Å². The fourth-order valence-corrected chi connectivity index (χ4v) is 2.63. The molecule has 0 aliphatic carbocycles. The number of hydrogen-bond donors (Lipinski definition) is 1. The topological polar surface area (TPSA) is 58.6 Å². The number of carbonyl (C=O) groups is 2. The molecule has 0 saturated carbocycles. The van der Waals surface area contributed by atoms with Gasteiger partial charge in [0.2, 0.25) is 0 Å². The maximum absolute atomic E-state index is 13.0. The number of nitrogens with one attached hydrogen (secondary N) is 1. The summed E-state index contributed by atoms with van der Waals surface area (Å²) in [5.74, 6) is -0.917. The minimum Gasteiger partial charge on any atom is -0.497 e. The number of methoxy groups -OCH3 is 1. The Morgan fingerprint density at radius 2 is 1.72 bits per heavy atom. The van der Waals surface area contributed by atoms with E-state index in [1.165, 1.54) is 42.4 Å². The molecule has 0 radical (unpaired) electrons. The maximum atomic E-state index is 13.0. The van der Waals surface area contributed by atoms with Crippen molar-refractivity contribution in [3.8, 4) is 5.75 Å². The van der Waals surface area contributed by atoms with E-state index >= 15 is 0 Å². The number of carbonyl (C=O) groups excluding carboxylic acids is 2. The van der Waals surface area contributed by atoms with Gasteiger partial charge in [-0.15, -0.1) is 0 Å². The molecule has 1 aliphatic heterocycles. The van der Waals surface area contributed by atoms with Crippen molar-refractivity contribution < 1.29 is 18.7 Å². The van der Waals surface area contributed by atoms with E-state index in [1.54, 1.807) is 24.3 Å². The molecule has 25 heavy (non-hydrogen) atoms. The van der Waals surface area contributed by atoms with Crippen molar-refractivity contribution in [3.05, 3.63) is 65.5 Å². The molecular weight excluding hydrogens is 343 g/mol. The first-order chi connectivity index (χ1) is 12.0. The van der Waals surface area contributed by atoms with E-state index in [1.807, 2.05) is 0 Å². The van der Waals surface area contributed by atoms with Crippen molar-refractivity contribution in [1.29, 1.82) is 0 Å². The zero-order valence-electron chi connectivity index (χ0n) is 13.2. The predicted octanol–water partition coefficient (Wildman–Crippen LogP) is 2.67. The molecule has 1 heterocycles. The minimum absolute atomic E-state index is 0.00331. The van der Waals surface area contributed by atoms with E-state index in [-0.39, 0.29) is 10.7 Å². The van der Waals surface area contributed by atoms with Crippen LogP contribution >= 0.6 is 12.2 Å². The SMILES string of the molecule is COc1ccc(N2C(=O)/C(=C\c3ccc(F)cc3)C(=O)NC2=S)cc1. The largest absolute Gasteiger partial charge is 0.497 e. The van der Waals surface area contributed by atoms with Crippen LogP contribution in [0.4, 0.5) is 10.1 Å².